The minimum Gasteiger partial charge on any atom is -0.463 e. The standard InChI is InChI=1S/C41H43BrClN3O7/c1-3-5-20-33(48)52-25-31(27-16-10-7-11-17-27)44-38(49)34-35-39(50)46(28(24-47)22-26-14-8-6-9-15-26)37(41(35)23-29(42)36(34)53-41)40(51)45(21-4-2)32-19-13-12-18-30(32)43/h3-4,6-19,28-29,31,34-37,47H,1-2,5,20-25H2,(H,44,49)/t28-,29?,31+,34+,35-,36+,37+,41-/m1/s1. The highest BCUT2D eigenvalue weighted by Crippen LogP contribution is 2.61. The van der Waals surface area contributed by atoms with Gasteiger partial charge in [-0.05, 0) is 42.5 Å². The van der Waals surface area contributed by atoms with Gasteiger partial charge < -0.3 is 29.7 Å². The summed E-state index contributed by atoms with van der Waals surface area (Å²) in [6.07, 6.45) is 3.59. The van der Waals surface area contributed by atoms with Gasteiger partial charge in [-0.2, -0.15) is 0 Å². The van der Waals surface area contributed by atoms with Crippen molar-refractivity contribution in [1.29, 1.82) is 0 Å². The molecule has 12 heteroatoms. The number of hydrogen-bond acceptors (Lipinski definition) is 7. The summed E-state index contributed by atoms with van der Waals surface area (Å²) in [6, 6.07) is 22.7. The van der Waals surface area contributed by atoms with Crippen LogP contribution in [-0.2, 0) is 35.1 Å². The molecular formula is C41H43BrClN3O7. The predicted octanol–water partition coefficient (Wildman–Crippen LogP) is 5.58. The zero-order valence-electron chi connectivity index (χ0n) is 29.2. The number of para-hydroxylation sites is 1. The van der Waals surface area contributed by atoms with Gasteiger partial charge in [0.05, 0.1) is 47.3 Å². The van der Waals surface area contributed by atoms with Crippen LogP contribution in [-0.4, -0.2) is 82.1 Å². The maximum absolute atomic E-state index is 15.1. The first-order valence-electron chi connectivity index (χ1n) is 17.7. The zero-order valence-corrected chi connectivity index (χ0v) is 31.5. The second-order valence-electron chi connectivity index (χ2n) is 13.6. The molecule has 2 bridgehead atoms. The Hall–Kier alpha value is -4.29. The predicted molar refractivity (Wildman–Crippen MR) is 205 cm³/mol. The fraction of sp³-hybridized carbons (Fsp3) is 0.366. The van der Waals surface area contributed by atoms with Crippen LogP contribution in [0.25, 0.3) is 0 Å². The maximum atomic E-state index is 15.1. The molecule has 1 spiro atoms. The number of fused-ring (bicyclic) bond motifs is 1. The average molecular weight is 805 g/mol. The number of anilines is 1. The molecule has 3 aromatic rings. The van der Waals surface area contributed by atoms with Crippen LogP contribution in [0.3, 0.4) is 0 Å². The molecule has 53 heavy (non-hydrogen) atoms. The molecule has 3 amide bonds. The van der Waals surface area contributed by atoms with E-state index in [1.165, 1.54) is 9.80 Å². The van der Waals surface area contributed by atoms with Gasteiger partial charge in [0.25, 0.3) is 5.91 Å². The number of nitrogens with zero attached hydrogens (tertiary/aromatic N) is 2. The number of esters is 1. The fourth-order valence-electron chi connectivity index (χ4n) is 8.07. The molecule has 0 aromatic heterocycles. The number of carbonyl (C=O) groups is 4. The van der Waals surface area contributed by atoms with Crippen LogP contribution in [0.1, 0.15) is 36.4 Å². The highest BCUT2D eigenvalue weighted by Gasteiger charge is 2.77. The number of ether oxygens (including phenoxy) is 2. The van der Waals surface area contributed by atoms with E-state index < -0.39 is 72.0 Å². The number of likely N-dealkylation sites (tertiary alicyclic amines) is 1. The Kier molecular flexibility index (Phi) is 12.2. The smallest absolute Gasteiger partial charge is 0.306 e. The van der Waals surface area contributed by atoms with E-state index in [2.05, 4.69) is 34.4 Å². The van der Waals surface area contributed by atoms with Crippen LogP contribution < -0.4 is 10.2 Å². The van der Waals surface area contributed by atoms with E-state index in [4.69, 9.17) is 21.1 Å². The van der Waals surface area contributed by atoms with Gasteiger partial charge in [0.15, 0.2) is 0 Å². The molecule has 3 aliphatic heterocycles. The molecule has 3 fully saturated rings. The molecule has 10 nitrogen and oxygen atoms in total. The topological polar surface area (TPSA) is 125 Å². The van der Waals surface area contributed by atoms with E-state index in [9.17, 15) is 19.5 Å². The van der Waals surface area contributed by atoms with Crippen molar-refractivity contribution in [2.45, 2.75) is 60.3 Å². The van der Waals surface area contributed by atoms with E-state index in [0.717, 1.165) is 5.56 Å². The lowest BCUT2D eigenvalue weighted by Gasteiger charge is -2.39. The second-order valence-corrected chi connectivity index (χ2v) is 15.2. The molecule has 1 unspecified atom stereocenters. The fourth-order valence-corrected chi connectivity index (χ4v) is 9.25. The SMILES string of the molecule is C=CCCC(=O)OC[C@H](NC(=O)[C@@H]1[C@H]2O[C@@]3(CC2Br)[C@H](C(=O)N(CC=C)c2ccccc2Cl)N([C@@H](CO)Cc2ccccc2)C(=O)[C@@H]13)c1ccccc1. The summed E-state index contributed by atoms with van der Waals surface area (Å²) < 4.78 is 12.3. The van der Waals surface area contributed by atoms with E-state index >= 15 is 4.79 Å². The van der Waals surface area contributed by atoms with Crippen molar-refractivity contribution in [1.82, 2.24) is 10.2 Å². The van der Waals surface area contributed by atoms with E-state index in [1.54, 1.807) is 36.4 Å². The zero-order chi connectivity index (χ0) is 37.7. The van der Waals surface area contributed by atoms with Crippen LogP contribution in [0.15, 0.2) is 110 Å². The third-order valence-electron chi connectivity index (χ3n) is 10.4. The Balaban J connectivity index is 1.39. The summed E-state index contributed by atoms with van der Waals surface area (Å²) in [5.74, 6) is -3.88. The minimum absolute atomic E-state index is 0.0830. The molecule has 6 rings (SSSR count). The summed E-state index contributed by atoms with van der Waals surface area (Å²) in [7, 11) is 0. The Morgan fingerprint density at radius 1 is 1.06 bits per heavy atom. The van der Waals surface area contributed by atoms with Crippen molar-refractivity contribution in [2.24, 2.45) is 11.8 Å². The number of benzene rings is 3. The molecule has 0 aliphatic carbocycles. The number of rotatable bonds is 16. The largest absolute Gasteiger partial charge is 0.463 e. The Morgan fingerprint density at radius 3 is 2.40 bits per heavy atom. The lowest BCUT2D eigenvalue weighted by molar-refractivity contribution is -0.146. The van der Waals surface area contributed by atoms with Crippen molar-refractivity contribution in [2.75, 3.05) is 24.7 Å². The molecule has 0 saturated carbocycles. The van der Waals surface area contributed by atoms with E-state index in [1.807, 2.05) is 60.7 Å². The molecule has 3 heterocycles. The van der Waals surface area contributed by atoms with Crippen molar-refractivity contribution < 1.29 is 33.8 Å². The van der Waals surface area contributed by atoms with Crippen LogP contribution in [0.5, 0.6) is 0 Å². The molecular weight excluding hydrogens is 762 g/mol. The van der Waals surface area contributed by atoms with Crippen molar-refractivity contribution in [3.05, 3.63) is 126 Å². The van der Waals surface area contributed by atoms with Gasteiger partial charge in [0, 0.05) is 17.8 Å². The number of aliphatic hydroxyl groups is 1. The van der Waals surface area contributed by atoms with Gasteiger partial charge in [0.1, 0.15) is 18.2 Å². The van der Waals surface area contributed by atoms with Crippen molar-refractivity contribution >= 4 is 56.9 Å². The minimum atomic E-state index is -1.42. The summed E-state index contributed by atoms with van der Waals surface area (Å²) >= 11 is 10.4. The number of nitrogens with one attached hydrogen (secondary N) is 1. The van der Waals surface area contributed by atoms with E-state index in [-0.39, 0.29) is 37.2 Å². The number of carbonyl (C=O) groups excluding carboxylic acids is 4. The Labute approximate surface area is 322 Å². The number of alkyl halides is 1. The Bertz CT molecular complexity index is 1830. The monoisotopic (exact) mass is 803 g/mol. The third kappa shape index (κ3) is 7.58. The summed E-state index contributed by atoms with van der Waals surface area (Å²) in [4.78, 5) is 59.7. The van der Waals surface area contributed by atoms with Crippen LogP contribution >= 0.6 is 27.5 Å². The normalized spacial score (nSPS) is 25.3. The number of hydrogen-bond donors (Lipinski definition) is 2. The van der Waals surface area contributed by atoms with Gasteiger partial charge in [-0.15, -0.1) is 13.2 Å². The molecule has 3 saturated heterocycles. The maximum Gasteiger partial charge on any atom is 0.306 e. The molecule has 0 radical (unpaired) electrons. The van der Waals surface area contributed by atoms with Crippen LogP contribution in [0.2, 0.25) is 5.02 Å². The second kappa shape index (κ2) is 16.8. The quantitative estimate of drug-likeness (QED) is 0.110. The molecule has 278 valence electrons. The number of halogens is 2. The van der Waals surface area contributed by atoms with Crippen LogP contribution in [0.4, 0.5) is 5.69 Å². The highest BCUT2D eigenvalue weighted by molar-refractivity contribution is 9.09. The number of aliphatic hydroxyl groups excluding tert-OH is 1. The van der Waals surface area contributed by atoms with E-state index in [0.29, 0.717) is 22.7 Å². The van der Waals surface area contributed by atoms with Gasteiger partial charge >= 0.3 is 5.97 Å². The average Bonchev–Trinajstić information content (AvgIpc) is 3.77. The summed E-state index contributed by atoms with van der Waals surface area (Å²) in [6.45, 7) is 7.04. The number of allylic oxidation sites excluding steroid dienone is 1. The Morgan fingerprint density at radius 2 is 1.74 bits per heavy atom. The van der Waals surface area contributed by atoms with Gasteiger partial charge in [-0.3, -0.25) is 19.2 Å². The molecule has 3 aromatic carbocycles. The van der Waals surface area contributed by atoms with Gasteiger partial charge in [0.2, 0.25) is 11.8 Å². The highest BCUT2D eigenvalue weighted by atomic mass is 79.9. The lowest BCUT2D eigenvalue weighted by Crippen LogP contribution is -2.59. The number of amides is 3. The first kappa shape index (κ1) is 38.4. The van der Waals surface area contributed by atoms with Crippen molar-refractivity contribution in [3.63, 3.8) is 0 Å². The molecule has 2 N–H and O–H groups in total. The first-order chi connectivity index (χ1) is 25.6. The molecule has 8 atom stereocenters. The molecule has 3 aliphatic rings. The van der Waals surface area contributed by atoms with Crippen molar-refractivity contribution in [3.8, 4) is 0 Å². The lowest BCUT2D eigenvalue weighted by atomic mass is 9.70. The summed E-state index contributed by atoms with van der Waals surface area (Å²) in [5, 5.41) is 14.3. The van der Waals surface area contributed by atoms with Gasteiger partial charge in [-0.1, -0.05) is 112 Å². The van der Waals surface area contributed by atoms with Crippen LogP contribution in [0, 0.1) is 11.8 Å². The first-order valence-corrected chi connectivity index (χ1v) is 19.0. The third-order valence-corrected chi connectivity index (χ3v) is 11.5. The summed E-state index contributed by atoms with van der Waals surface area (Å²) in [5.41, 5.74) is 0.585. The van der Waals surface area contributed by atoms with Gasteiger partial charge in [-0.25, -0.2) is 0 Å².